The number of para-hydroxylation sites is 1. The Hall–Kier alpha value is -1.10. The largest absolute Gasteiger partial charge is 0.324 e. The fraction of sp³-hybridized carbons (Fsp3) is 0.188. The molecule has 2 aromatic rings. The van der Waals surface area contributed by atoms with Gasteiger partial charge in [-0.15, -0.1) is 23.5 Å². The summed E-state index contributed by atoms with van der Waals surface area (Å²) < 4.78 is 0. The predicted molar refractivity (Wildman–Crippen MR) is 94.5 cm³/mol. The summed E-state index contributed by atoms with van der Waals surface area (Å²) in [7, 11) is 0. The van der Waals surface area contributed by atoms with Crippen LogP contribution in [0.1, 0.15) is 5.56 Å². The highest BCUT2D eigenvalue weighted by Gasteiger charge is 2.06. The molecule has 0 aromatic heterocycles. The molecule has 21 heavy (non-hydrogen) atoms. The maximum atomic E-state index is 12.0. The number of carbonyl (C=O) groups excluding carboxylic acids is 1. The van der Waals surface area contributed by atoms with Gasteiger partial charge in [0.2, 0.25) is 5.91 Å². The van der Waals surface area contributed by atoms with Gasteiger partial charge in [0, 0.05) is 15.7 Å². The van der Waals surface area contributed by atoms with Crippen molar-refractivity contribution in [3.63, 3.8) is 0 Å². The van der Waals surface area contributed by atoms with Gasteiger partial charge in [-0.1, -0.05) is 35.9 Å². The Labute approximate surface area is 138 Å². The molecule has 0 unspecified atom stereocenters. The average molecular weight is 338 g/mol. The number of hydrogen-bond acceptors (Lipinski definition) is 3. The van der Waals surface area contributed by atoms with Crippen LogP contribution in [0.15, 0.2) is 53.4 Å². The molecule has 1 N–H and O–H groups in total. The van der Waals surface area contributed by atoms with E-state index in [-0.39, 0.29) is 5.91 Å². The summed E-state index contributed by atoms with van der Waals surface area (Å²) in [5.41, 5.74) is 2.00. The fourth-order valence-corrected chi connectivity index (χ4v) is 3.36. The van der Waals surface area contributed by atoms with Gasteiger partial charge in [-0.25, -0.2) is 0 Å². The summed E-state index contributed by atoms with van der Waals surface area (Å²) >= 11 is 9.14. The van der Waals surface area contributed by atoms with E-state index >= 15 is 0 Å². The molecule has 0 saturated heterocycles. The number of nitrogens with one attached hydrogen (secondary N) is 1. The molecule has 0 aliphatic heterocycles. The average Bonchev–Trinajstić information content (AvgIpc) is 2.48. The molecule has 0 spiro atoms. The molecule has 0 heterocycles. The molecule has 2 aromatic carbocycles. The van der Waals surface area contributed by atoms with Crippen molar-refractivity contribution in [2.75, 3.05) is 17.3 Å². The number of rotatable bonds is 6. The fourth-order valence-electron chi connectivity index (χ4n) is 1.82. The van der Waals surface area contributed by atoms with Crippen LogP contribution in [0.3, 0.4) is 0 Å². The van der Waals surface area contributed by atoms with E-state index in [2.05, 4.69) is 5.32 Å². The summed E-state index contributed by atoms with van der Waals surface area (Å²) in [6.07, 6.45) is 2.00. The van der Waals surface area contributed by atoms with Gasteiger partial charge in [0.1, 0.15) is 0 Å². The third-order valence-electron chi connectivity index (χ3n) is 2.77. The zero-order valence-corrected chi connectivity index (χ0v) is 14.0. The van der Waals surface area contributed by atoms with Crippen molar-refractivity contribution in [2.45, 2.75) is 10.6 Å². The standard InChI is InChI=1S/C16H16ClNOS2/c1-20-15-8-3-2-7-14(15)18-16(19)11-21-10-12-5-4-6-13(17)9-12/h2-9H,10-11H2,1H3,(H,18,19). The van der Waals surface area contributed by atoms with E-state index < -0.39 is 0 Å². The number of hydrogen-bond donors (Lipinski definition) is 1. The van der Waals surface area contributed by atoms with Crippen molar-refractivity contribution in [1.29, 1.82) is 0 Å². The van der Waals surface area contributed by atoms with Gasteiger partial charge in [0.25, 0.3) is 0 Å². The lowest BCUT2D eigenvalue weighted by Crippen LogP contribution is -2.14. The Morgan fingerprint density at radius 3 is 2.76 bits per heavy atom. The van der Waals surface area contributed by atoms with Gasteiger partial charge in [0.15, 0.2) is 0 Å². The van der Waals surface area contributed by atoms with Crippen LogP contribution in [0.5, 0.6) is 0 Å². The highest BCUT2D eigenvalue weighted by Crippen LogP contribution is 2.25. The van der Waals surface area contributed by atoms with E-state index in [0.29, 0.717) is 5.75 Å². The maximum Gasteiger partial charge on any atom is 0.234 e. The summed E-state index contributed by atoms with van der Waals surface area (Å²) in [5, 5.41) is 3.68. The maximum absolute atomic E-state index is 12.0. The first-order valence-electron chi connectivity index (χ1n) is 6.44. The molecule has 0 aliphatic carbocycles. The van der Waals surface area contributed by atoms with E-state index in [1.165, 1.54) is 0 Å². The minimum Gasteiger partial charge on any atom is -0.324 e. The Balaban J connectivity index is 1.82. The van der Waals surface area contributed by atoms with Crippen LogP contribution in [0.25, 0.3) is 0 Å². The third kappa shape index (κ3) is 5.30. The van der Waals surface area contributed by atoms with Crippen molar-refractivity contribution >= 4 is 46.7 Å². The highest BCUT2D eigenvalue weighted by molar-refractivity contribution is 7.99. The molecule has 0 saturated carbocycles. The van der Waals surface area contributed by atoms with Gasteiger partial charge in [-0.05, 0) is 36.1 Å². The van der Waals surface area contributed by atoms with Crippen molar-refractivity contribution < 1.29 is 4.79 Å². The molecule has 2 rings (SSSR count). The van der Waals surface area contributed by atoms with E-state index in [1.54, 1.807) is 23.5 Å². The normalized spacial score (nSPS) is 10.4. The summed E-state index contributed by atoms with van der Waals surface area (Å²) in [6, 6.07) is 15.5. The van der Waals surface area contributed by atoms with Crippen LogP contribution in [0, 0.1) is 0 Å². The minimum absolute atomic E-state index is 0.0172. The molecule has 2 nitrogen and oxygen atoms in total. The smallest absolute Gasteiger partial charge is 0.234 e. The predicted octanol–water partition coefficient (Wildman–Crippen LogP) is 4.93. The van der Waals surface area contributed by atoms with Crippen LogP contribution in [-0.4, -0.2) is 17.9 Å². The van der Waals surface area contributed by atoms with Crippen molar-refractivity contribution in [2.24, 2.45) is 0 Å². The lowest BCUT2D eigenvalue weighted by Gasteiger charge is -2.09. The first-order valence-corrected chi connectivity index (χ1v) is 9.20. The molecule has 0 radical (unpaired) electrons. The van der Waals surface area contributed by atoms with Gasteiger partial charge in [-0.2, -0.15) is 0 Å². The summed E-state index contributed by atoms with van der Waals surface area (Å²) in [6.45, 7) is 0. The molecular weight excluding hydrogens is 322 g/mol. The summed E-state index contributed by atoms with van der Waals surface area (Å²) in [5.74, 6) is 1.22. The first kappa shape index (κ1) is 16.3. The second kappa shape index (κ2) is 8.37. The van der Waals surface area contributed by atoms with Gasteiger partial charge in [-0.3, -0.25) is 4.79 Å². The number of thioether (sulfide) groups is 2. The first-order chi connectivity index (χ1) is 10.2. The second-order valence-corrected chi connectivity index (χ2v) is 6.64. The Morgan fingerprint density at radius 2 is 2.00 bits per heavy atom. The molecule has 0 atom stereocenters. The number of halogens is 1. The Kier molecular flexibility index (Phi) is 6.49. The van der Waals surface area contributed by atoms with Crippen LogP contribution in [-0.2, 0) is 10.5 Å². The van der Waals surface area contributed by atoms with Crippen LogP contribution in [0.2, 0.25) is 5.02 Å². The number of amides is 1. The lowest BCUT2D eigenvalue weighted by molar-refractivity contribution is -0.113. The lowest BCUT2D eigenvalue weighted by atomic mass is 10.2. The zero-order chi connectivity index (χ0) is 15.1. The molecule has 110 valence electrons. The third-order valence-corrected chi connectivity index (χ3v) is 4.81. The topological polar surface area (TPSA) is 29.1 Å². The zero-order valence-electron chi connectivity index (χ0n) is 11.6. The summed E-state index contributed by atoms with van der Waals surface area (Å²) in [4.78, 5) is 13.0. The SMILES string of the molecule is CSc1ccccc1NC(=O)CSCc1cccc(Cl)c1. The van der Waals surface area contributed by atoms with Gasteiger partial charge in [0.05, 0.1) is 11.4 Å². The van der Waals surface area contributed by atoms with E-state index in [9.17, 15) is 4.79 Å². The van der Waals surface area contributed by atoms with Crippen LogP contribution < -0.4 is 5.32 Å². The molecule has 5 heteroatoms. The number of carbonyl (C=O) groups is 1. The molecule has 0 aliphatic rings. The number of anilines is 1. The van der Waals surface area contributed by atoms with E-state index in [0.717, 1.165) is 26.9 Å². The van der Waals surface area contributed by atoms with Gasteiger partial charge < -0.3 is 5.32 Å². The molecular formula is C16H16ClNOS2. The van der Waals surface area contributed by atoms with E-state index in [1.807, 2.05) is 54.8 Å². The van der Waals surface area contributed by atoms with Crippen molar-refractivity contribution in [3.8, 4) is 0 Å². The molecule has 0 bridgehead atoms. The number of benzene rings is 2. The molecule has 0 fully saturated rings. The quantitative estimate of drug-likeness (QED) is 0.757. The van der Waals surface area contributed by atoms with Crippen LogP contribution in [0.4, 0.5) is 5.69 Å². The Bertz CT molecular complexity index is 619. The van der Waals surface area contributed by atoms with Crippen molar-refractivity contribution in [1.82, 2.24) is 0 Å². The monoisotopic (exact) mass is 337 g/mol. The highest BCUT2D eigenvalue weighted by atomic mass is 35.5. The van der Waals surface area contributed by atoms with Crippen LogP contribution >= 0.6 is 35.1 Å². The van der Waals surface area contributed by atoms with Crippen molar-refractivity contribution in [3.05, 3.63) is 59.1 Å². The van der Waals surface area contributed by atoms with Gasteiger partial charge >= 0.3 is 0 Å². The van der Waals surface area contributed by atoms with E-state index in [4.69, 9.17) is 11.6 Å². The Morgan fingerprint density at radius 1 is 1.19 bits per heavy atom. The molecule has 1 amide bonds. The second-order valence-electron chi connectivity index (χ2n) is 4.37. The minimum atomic E-state index is 0.0172.